The van der Waals surface area contributed by atoms with Crippen molar-refractivity contribution < 1.29 is 4.74 Å². The minimum atomic E-state index is 0.473. The van der Waals surface area contributed by atoms with E-state index in [9.17, 15) is 0 Å². The van der Waals surface area contributed by atoms with Gasteiger partial charge in [-0.15, -0.1) is 0 Å². The Bertz CT molecular complexity index is 635. The second kappa shape index (κ2) is 6.92. The van der Waals surface area contributed by atoms with Gasteiger partial charge in [-0.1, -0.05) is 42.5 Å². The van der Waals surface area contributed by atoms with Crippen LogP contribution in [0.1, 0.15) is 11.1 Å². The fraction of sp³-hybridized carbons (Fsp3) is 0.118. The topological polar surface area (TPSA) is 21.6 Å². The summed E-state index contributed by atoms with van der Waals surface area (Å²) in [5, 5.41) is 0.680. The molecule has 0 fully saturated rings. The number of rotatable bonds is 5. The van der Waals surface area contributed by atoms with Crippen molar-refractivity contribution in [3.63, 3.8) is 0 Å². The largest absolute Gasteiger partial charge is 0.489 e. The highest BCUT2D eigenvalue weighted by atomic mass is 35.5. The van der Waals surface area contributed by atoms with Crippen molar-refractivity contribution in [3.8, 4) is 5.75 Å². The summed E-state index contributed by atoms with van der Waals surface area (Å²) in [4.78, 5) is 4.49. The lowest BCUT2D eigenvalue weighted by atomic mass is 10.2. The summed E-state index contributed by atoms with van der Waals surface area (Å²) in [5.74, 6) is 0.788. The molecule has 2 aromatic carbocycles. The Balaban J connectivity index is 2.26. The Labute approximate surface area is 124 Å². The molecule has 0 saturated heterocycles. The third-order valence-corrected chi connectivity index (χ3v) is 3.02. The first kappa shape index (κ1) is 14.4. The van der Waals surface area contributed by atoms with Gasteiger partial charge >= 0.3 is 0 Å². The first-order valence-corrected chi connectivity index (χ1v) is 6.71. The van der Waals surface area contributed by atoms with Crippen LogP contribution in [-0.2, 0) is 0 Å². The van der Waals surface area contributed by atoms with Crippen molar-refractivity contribution in [3.05, 3.63) is 71.3 Å². The van der Waals surface area contributed by atoms with Gasteiger partial charge in [0.15, 0.2) is 0 Å². The molecule has 0 heterocycles. The van der Waals surface area contributed by atoms with Gasteiger partial charge in [0.25, 0.3) is 0 Å². The molecule has 0 saturated carbocycles. The molecule has 0 atom stereocenters. The van der Waals surface area contributed by atoms with E-state index in [4.69, 9.17) is 16.3 Å². The quantitative estimate of drug-likeness (QED) is 0.562. The Morgan fingerprint density at radius 2 is 2.05 bits per heavy atom. The van der Waals surface area contributed by atoms with Gasteiger partial charge in [0, 0.05) is 16.8 Å². The zero-order chi connectivity index (χ0) is 14.4. The number of para-hydroxylation sites is 1. The molecule has 0 aliphatic carbocycles. The SMILES string of the molecule is C=CCOc1ccccc1C=Nc1cc(Cl)ccc1C. The van der Waals surface area contributed by atoms with Crippen LogP contribution in [0.25, 0.3) is 0 Å². The van der Waals surface area contributed by atoms with Gasteiger partial charge in [-0.05, 0) is 36.8 Å². The van der Waals surface area contributed by atoms with Crippen LogP contribution in [0.4, 0.5) is 5.69 Å². The molecule has 0 bridgehead atoms. The summed E-state index contributed by atoms with van der Waals surface area (Å²) in [7, 11) is 0. The summed E-state index contributed by atoms with van der Waals surface area (Å²) < 4.78 is 5.59. The lowest BCUT2D eigenvalue weighted by molar-refractivity contribution is 0.363. The molecule has 102 valence electrons. The third-order valence-electron chi connectivity index (χ3n) is 2.79. The molecule has 0 N–H and O–H groups in total. The second-order valence-corrected chi connectivity index (χ2v) is 4.76. The van der Waals surface area contributed by atoms with Gasteiger partial charge in [-0.25, -0.2) is 0 Å². The van der Waals surface area contributed by atoms with Gasteiger partial charge in [0.05, 0.1) is 5.69 Å². The van der Waals surface area contributed by atoms with Crippen molar-refractivity contribution in [2.24, 2.45) is 4.99 Å². The first-order valence-electron chi connectivity index (χ1n) is 6.33. The van der Waals surface area contributed by atoms with Crippen molar-refractivity contribution >= 4 is 23.5 Å². The molecule has 0 aliphatic rings. The second-order valence-electron chi connectivity index (χ2n) is 4.33. The smallest absolute Gasteiger partial charge is 0.128 e. The van der Waals surface area contributed by atoms with Crippen molar-refractivity contribution in [1.82, 2.24) is 0 Å². The van der Waals surface area contributed by atoms with Gasteiger partial charge in [-0.2, -0.15) is 0 Å². The van der Waals surface area contributed by atoms with Crippen LogP contribution in [0.15, 0.2) is 60.1 Å². The molecule has 20 heavy (non-hydrogen) atoms. The molecular weight excluding hydrogens is 270 g/mol. The van der Waals surface area contributed by atoms with Crippen LogP contribution in [-0.4, -0.2) is 12.8 Å². The van der Waals surface area contributed by atoms with Gasteiger partial charge in [0.1, 0.15) is 12.4 Å². The van der Waals surface area contributed by atoms with E-state index in [1.165, 1.54) is 0 Å². The minimum absolute atomic E-state index is 0.473. The monoisotopic (exact) mass is 285 g/mol. The predicted molar refractivity (Wildman–Crippen MR) is 85.6 cm³/mol. The fourth-order valence-electron chi connectivity index (χ4n) is 1.73. The summed E-state index contributed by atoms with van der Waals surface area (Å²) in [6, 6.07) is 13.4. The Morgan fingerprint density at radius 3 is 2.85 bits per heavy atom. The maximum absolute atomic E-state index is 5.99. The molecule has 3 heteroatoms. The molecule has 0 unspecified atom stereocenters. The van der Waals surface area contributed by atoms with Gasteiger partial charge in [-0.3, -0.25) is 4.99 Å². The number of nitrogens with zero attached hydrogens (tertiary/aromatic N) is 1. The fourth-order valence-corrected chi connectivity index (χ4v) is 1.89. The highest BCUT2D eigenvalue weighted by Crippen LogP contribution is 2.24. The lowest BCUT2D eigenvalue weighted by Gasteiger charge is -2.06. The number of halogens is 1. The average molecular weight is 286 g/mol. The number of ether oxygens (including phenoxy) is 1. The Kier molecular flexibility index (Phi) is 4.97. The summed E-state index contributed by atoms with van der Waals surface area (Å²) >= 11 is 5.99. The normalized spacial score (nSPS) is 10.7. The molecule has 0 aromatic heterocycles. The van der Waals surface area contributed by atoms with Crippen LogP contribution in [0.3, 0.4) is 0 Å². The van der Waals surface area contributed by atoms with E-state index in [2.05, 4.69) is 11.6 Å². The molecule has 0 spiro atoms. The number of hydrogen-bond donors (Lipinski definition) is 0. The van der Waals surface area contributed by atoms with Crippen LogP contribution in [0.2, 0.25) is 5.02 Å². The molecule has 2 nitrogen and oxygen atoms in total. The van der Waals surface area contributed by atoms with Crippen molar-refractivity contribution in [2.75, 3.05) is 6.61 Å². The zero-order valence-corrected chi connectivity index (χ0v) is 12.1. The van der Waals surface area contributed by atoms with Crippen LogP contribution in [0, 0.1) is 6.92 Å². The molecule has 2 rings (SSSR count). The summed E-state index contributed by atoms with van der Waals surface area (Å²) in [6.45, 7) is 6.12. The molecule has 2 aromatic rings. The highest BCUT2D eigenvalue weighted by molar-refractivity contribution is 6.30. The first-order chi connectivity index (χ1) is 9.70. The van der Waals surface area contributed by atoms with Crippen molar-refractivity contribution in [1.29, 1.82) is 0 Å². The van der Waals surface area contributed by atoms with Crippen molar-refractivity contribution in [2.45, 2.75) is 6.92 Å². The Morgan fingerprint density at radius 1 is 1.25 bits per heavy atom. The maximum atomic E-state index is 5.99. The highest BCUT2D eigenvalue weighted by Gasteiger charge is 2.01. The lowest BCUT2D eigenvalue weighted by Crippen LogP contribution is -1.96. The van der Waals surface area contributed by atoms with E-state index in [-0.39, 0.29) is 0 Å². The van der Waals surface area contributed by atoms with Crippen LogP contribution in [0.5, 0.6) is 5.75 Å². The minimum Gasteiger partial charge on any atom is -0.489 e. The van der Waals surface area contributed by atoms with Gasteiger partial charge in [0.2, 0.25) is 0 Å². The maximum Gasteiger partial charge on any atom is 0.128 e. The standard InChI is InChI=1S/C17H16ClNO/c1-3-10-20-17-7-5-4-6-14(17)12-19-16-11-15(18)9-8-13(16)2/h3-9,11-12H,1,10H2,2H3. The third kappa shape index (κ3) is 3.72. The van der Waals surface area contributed by atoms with E-state index >= 15 is 0 Å². The van der Waals surface area contributed by atoms with E-state index in [0.717, 1.165) is 22.6 Å². The summed E-state index contributed by atoms with van der Waals surface area (Å²) in [6.07, 6.45) is 3.51. The molecular formula is C17H16ClNO. The van der Waals surface area contributed by atoms with E-state index in [0.29, 0.717) is 11.6 Å². The van der Waals surface area contributed by atoms with Crippen LogP contribution >= 0.6 is 11.6 Å². The van der Waals surface area contributed by atoms with Gasteiger partial charge < -0.3 is 4.74 Å². The molecule has 0 radical (unpaired) electrons. The molecule has 0 amide bonds. The van der Waals surface area contributed by atoms with Crippen LogP contribution < -0.4 is 4.74 Å². The predicted octanol–water partition coefficient (Wildman–Crippen LogP) is 4.96. The average Bonchev–Trinajstić information content (AvgIpc) is 2.47. The molecule has 0 aliphatic heterocycles. The Hall–Kier alpha value is -2.06. The van der Waals surface area contributed by atoms with E-state index in [1.54, 1.807) is 12.3 Å². The number of aliphatic imine (C=N–C) groups is 1. The van der Waals surface area contributed by atoms with E-state index < -0.39 is 0 Å². The zero-order valence-electron chi connectivity index (χ0n) is 11.3. The number of aryl methyl sites for hydroxylation is 1. The summed E-state index contributed by atoms with van der Waals surface area (Å²) in [5.41, 5.74) is 2.86. The number of benzene rings is 2. The number of hydrogen-bond acceptors (Lipinski definition) is 2. The van der Waals surface area contributed by atoms with E-state index in [1.807, 2.05) is 49.4 Å².